The second-order valence-corrected chi connectivity index (χ2v) is 5.01. The van der Waals surface area contributed by atoms with E-state index in [0.717, 1.165) is 0 Å². The van der Waals surface area contributed by atoms with Gasteiger partial charge in [-0.15, -0.1) is 0 Å². The molecule has 0 radical (unpaired) electrons. The van der Waals surface area contributed by atoms with E-state index in [-0.39, 0.29) is 11.3 Å². The van der Waals surface area contributed by atoms with E-state index in [9.17, 15) is 14.3 Å². The molecular weight excluding hydrogens is 327 g/mol. The molecule has 0 aliphatic carbocycles. The third-order valence-corrected chi connectivity index (χ3v) is 3.43. The maximum absolute atomic E-state index is 13.3. The largest absolute Gasteiger partial charge is 0.506 e. The number of aromatic hydroxyl groups is 1. The Balaban J connectivity index is 2.17. The van der Waals surface area contributed by atoms with Crippen LogP contribution < -0.4 is 11.1 Å². The zero-order chi connectivity index (χ0) is 14.7. The fourth-order valence-corrected chi connectivity index (χ4v) is 2.13. The Kier molecular flexibility index (Phi) is 4.24. The van der Waals surface area contributed by atoms with E-state index in [1.54, 1.807) is 18.2 Å². The fourth-order valence-electron chi connectivity index (χ4n) is 1.72. The number of phenolic OH excluding ortho intramolecular Hbond substituents is 1. The molecule has 2 rings (SSSR count). The Morgan fingerprint density at radius 2 is 2.10 bits per heavy atom. The van der Waals surface area contributed by atoms with Gasteiger partial charge in [-0.2, -0.15) is 0 Å². The van der Waals surface area contributed by atoms with Crippen molar-refractivity contribution in [3.63, 3.8) is 0 Å². The molecule has 2 aromatic rings. The molecule has 0 aromatic heterocycles. The number of hydrogen-bond donors (Lipinski definition) is 3. The normalized spacial score (nSPS) is 10.3. The second kappa shape index (κ2) is 5.92. The highest BCUT2D eigenvalue weighted by molar-refractivity contribution is 9.10. The molecule has 0 unspecified atom stereocenters. The number of phenols is 1. The summed E-state index contributed by atoms with van der Waals surface area (Å²) < 4.78 is 13.9. The molecule has 0 bridgehead atoms. The summed E-state index contributed by atoms with van der Waals surface area (Å²) in [6.45, 7) is 0.328. The summed E-state index contributed by atoms with van der Waals surface area (Å²) >= 11 is 3.22. The zero-order valence-corrected chi connectivity index (χ0v) is 11.9. The van der Waals surface area contributed by atoms with E-state index in [2.05, 4.69) is 21.2 Å². The van der Waals surface area contributed by atoms with Gasteiger partial charge < -0.3 is 16.2 Å². The van der Waals surface area contributed by atoms with Crippen molar-refractivity contribution in [2.75, 3.05) is 5.32 Å². The maximum Gasteiger partial charge on any atom is 0.251 e. The Morgan fingerprint density at radius 1 is 1.35 bits per heavy atom. The average Bonchev–Trinajstić information content (AvgIpc) is 2.41. The van der Waals surface area contributed by atoms with Gasteiger partial charge in [-0.3, -0.25) is 4.79 Å². The number of para-hydroxylation sites is 1. The predicted octanol–water partition coefficient (Wildman–Crippen LogP) is 3.00. The molecule has 1 amide bonds. The van der Waals surface area contributed by atoms with Crippen LogP contribution in [0.4, 0.5) is 10.1 Å². The van der Waals surface area contributed by atoms with Gasteiger partial charge in [0.2, 0.25) is 0 Å². The quantitative estimate of drug-likeness (QED) is 0.802. The Hall–Kier alpha value is -2.08. The number of rotatable bonds is 4. The lowest BCUT2D eigenvalue weighted by molar-refractivity contribution is 0.0996. The number of benzene rings is 2. The van der Waals surface area contributed by atoms with Crippen molar-refractivity contribution in [2.45, 2.75) is 6.54 Å². The smallest absolute Gasteiger partial charge is 0.251 e. The molecule has 6 heteroatoms. The summed E-state index contributed by atoms with van der Waals surface area (Å²) in [7, 11) is 0. The number of hydrogen-bond acceptors (Lipinski definition) is 3. The number of nitrogens with two attached hydrogens (primary N) is 1. The van der Waals surface area contributed by atoms with Gasteiger partial charge in [-0.05, 0) is 40.2 Å². The van der Waals surface area contributed by atoms with Gasteiger partial charge in [0.15, 0.2) is 0 Å². The first kappa shape index (κ1) is 14.3. The molecule has 4 N–H and O–H groups in total. The number of nitrogens with one attached hydrogen (secondary N) is 1. The van der Waals surface area contributed by atoms with Crippen LogP contribution in [0.15, 0.2) is 40.9 Å². The molecule has 0 aliphatic rings. The number of primary amides is 1. The first-order valence-electron chi connectivity index (χ1n) is 5.78. The van der Waals surface area contributed by atoms with Crippen LogP contribution in [0.25, 0.3) is 0 Å². The Morgan fingerprint density at radius 3 is 2.80 bits per heavy atom. The molecular formula is C14H12BrFN2O2. The molecule has 0 atom stereocenters. The number of amides is 1. The van der Waals surface area contributed by atoms with Crippen LogP contribution in [0.3, 0.4) is 0 Å². The summed E-state index contributed by atoms with van der Waals surface area (Å²) in [6.07, 6.45) is 0. The van der Waals surface area contributed by atoms with Crippen LogP contribution in [-0.2, 0) is 6.54 Å². The van der Waals surface area contributed by atoms with Gasteiger partial charge in [0.25, 0.3) is 5.91 Å². The van der Waals surface area contributed by atoms with E-state index >= 15 is 0 Å². The molecule has 0 aliphatic heterocycles. The molecule has 0 spiro atoms. The van der Waals surface area contributed by atoms with E-state index in [0.29, 0.717) is 22.3 Å². The van der Waals surface area contributed by atoms with Crippen molar-refractivity contribution in [2.24, 2.45) is 5.73 Å². The summed E-state index contributed by atoms with van der Waals surface area (Å²) in [5, 5.41) is 12.8. The summed E-state index contributed by atoms with van der Waals surface area (Å²) in [5.74, 6) is -1.35. The minimum atomic E-state index is -0.823. The summed E-state index contributed by atoms with van der Waals surface area (Å²) in [5.41, 5.74) is 6.12. The van der Waals surface area contributed by atoms with Crippen molar-refractivity contribution >= 4 is 27.5 Å². The van der Waals surface area contributed by atoms with Gasteiger partial charge in [0.05, 0.1) is 10.0 Å². The summed E-state index contributed by atoms with van der Waals surface area (Å²) in [6, 6.07) is 9.28. The van der Waals surface area contributed by atoms with Gasteiger partial charge in [-0.1, -0.05) is 12.1 Å². The number of anilines is 1. The maximum atomic E-state index is 13.3. The molecule has 0 fully saturated rings. The van der Waals surface area contributed by atoms with E-state index in [4.69, 9.17) is 5.73 Å². The Labute approximate surface area is 123 Å². The van der Waals surface area contributed by atoms with Crippen LogP contribution in [0.1, 0.15) is 15.9 Å². The highest BCUT2D eigenvalue weighted by atomic mass is 79.9. The zero-order valence-electron chi connectivity index (χ0n) is 10.4. The highest BCUT2D eigenvalue weighted by Gasteiger charge is 2.09. The van der Waals surface area contributed by atoms with Crippen LogP contribution in [0, 0.1) is 5.82 Å². The topological polar surface area (TPSA) is 75.4 Å². The first-order chi connectivity index (χ1) is 9.49. The monoisotopic (exact) mass is 338 g/mol. The molecule has 0 saturated carbocycles. The van der Waals surface area contributed by atoms with Crippen LogP contribution in [0.2, 0.25) is 0 Å². The second-order valence-electron chi connectivity index (χ2n) is 4.16. The highest BCUT2D eigenvalue weighted by Crippen LogP contribution is 2.28. The molecule has 0 saturated heterocycles. The molecule has 104 valence electrons. The fraction of sp³-hybridized carbons (Fsp3) is 0.0714. The van der Waals surface area contributed by atoms with E-state index < -0.39 is 11.7 Å². The van der Waals surface area contributed by atoms with Gasteiger partial charge in [0.1, 0.15) is 11.6 Å². The van der Waals surface area contributed by atoms with Crippen LogP contribution in [0.5, 0.6) is 5.75 Å². The first-order valence-corrected chi connectivity index (χ1v) is 6.58. The van der Waals surface area contributed by atoms with E-state index in [1.165, 1.54) is 18.2 Å². The molecule has 20 heavy (non-hydrogen) atoms. The third kappa shape index (κ3) is 3.08. The average molecular weight is 339 g/mol. The minimum Gasteiger partial charge on any atom is -0.506 e. The Bertz CT molecular complexity index is 662. The number of carbonyl (C=O) groups excluding carboxylic acids is 1. The van der Waals surface area contributed by atoms with Crippen molar-refractivity contribution in [3.8, 4) is 5.75 Å². The lowest BCUT2D eigenvalue weighted by Gasteiger charge is -2.10. The number of carbonyl (C=O) groups is 1. The molecule has 2 aromatic carbocycles. The van der Waals surface area contributed by atoms with Gasteiger partial charge in [0, 0.05) is 17.8 Å². The minimum absolute atomic E-state index is 0.136. The van der Waals surface area contributed by atoms with E-state index in [1.807, 2.05) is 0 Å². The van der Waals surface area contributed by atoms with Crippen molar-refractivity contribution < 1.29 is 14.3 Å². The van der Waals surface area contributed by atoms with Crippen LogP contribution >= 0.6 is 15.9 Å². The van der Waals surface area contributed by atoms with Crippen molar-refractivity contribution in [1.29, 1.82) is 0 Å². The van der Waals surface area contributed by atoms with Gasteiger partial charge in [-0.25, -0.2) is 4.39 Å². The third-order valence-electron chi connectivity index (χ3n) is 2.79. The van der Waals surface area contributed by atoms with Crippen molar-refractivity contribution in [3.05, 3.63) is 57.8 Å². The lowest BCUT2D eigenvalue weighted by Crippen LogP contribution is -2.13. The van der Waals surface area contributed by atoms with Crippen molar-refractivity contribution in [1.82, 2.24) is 0 Å². The standard InChI is InChI=1S/C14H12BrFN2O2/c15-11-3-1-2-8(13(11)19)7-18-9-4-5-12(16)10(6-9)14(17)20/h1-6,18-19H,7H2,(H2,17,20). The predicted molar refractivity (Wildman–Crippen MR) is 78.1 cm³/mol. The number of halogens is 2. The summed E-state index contributed by atoms with van der Waals surface area (Å²) in [4.78, 5) is 11.1. The SMILES string of the molecule is NC(=O)c1cc(NCc2cccc(Br)c2O)ccc1F. The molecule has 0 heterocycles. The molecule has 4 nitrogen and oxygen atoms in total. The van der Waals surface area contributed by atoms with Crippen LogP contribution in [-0.4, -0.2) is 11.0 Å². The lowest BCUT2D eigenvalue weighted by atomic mass is 10.1. The van der Waals surface area contributed by atoms with Gasteiger partial charge >= 0.3 is 0 Å².